The van der Waals surface area contributed by atoms with Crippen molar-refractivity contribution in [3.8, 4) is 11.4 Å². The molecule has 21 heavy (non-hydrogen) atoms. The van der Waals surface area contributed by atoms with Crippen molar-refractivity contribution in [1.82, 2.24) is 14.9 Å². The Labute approximate surface area is 137 Å². The zero-order chi connectivity index (χ0) is 15.0. The minimum absolute atomic E-state index is 0.153. The topological polar surface area (TPSA) is 43.1 Å². The summed E-state index contributed by atoms with van der Waals surface area (Å²) < 4.78 is 1.84. The van der Waals surface area contributed by atoms with Crippen molar-refractivity contribution in [2.45, 2.75) is 31.3 Å². The van der Waals surface area contributed by atoms with Crippen LogP contribution >= 0.6 is 27.7 Å². The van der Waals surface area contributed by atoms with Gasteiger partial charge in [-0.25, -0.2) is 0 Å². The molecule has 1 aromatic carbocycles. The molecule has 0 amide bonds. The van der Waals surface area contributed by atoms with Gasteiger partial charge in [-0.05, 0) is 11.0 Å². The molecule has 0 unspecified atom stereocenters. The molecule has 0 spiro atoms. The molecule has 3 rings (SSSR count). The van der Waals surface area contributed by atoms with Crippen LogP contribution in [0.2, 0.25) is 0 Å². The molecule has 110 valence electrons. The first kappa shape index (κ1) is 14.8. The summed E-state index contributed by atoms with van der Waals surface area (Å²) in [6.07, 6.45) is 0. The SMILES string of the molecule is CC(C)(C)c1ccc(-c2nnc3n2N=C(CBr)CS3)cc1. The molecule has 0 aliphatic carbocycles. The van der Waals surface area contributed by atoms with Gasteiger partial charge in [-0.2, -0.15) is 9.78 Å². The summed E-state index contributed by atoms with van der Waals surface area (Å²) in [5, 5.41) is 14.8. The number of nitrogens with zero attached hydrogens (tertiary/aromatic N) is 4. The molecule has 2 heterocycles. The first-order valence-electron chi connectivity index (χ1n) is 6.81. The molecule has 0 radical (unpaired) electrons. The van der Waals surface area contributed by atoms with Crippen LogP contribution in [0.1, 0.15) is 26.3 Å². The smallest absolute Gasteiger partial charge is 0.187 e. The average molecular weight is 365 g/mol. The van der Waals surface area contributed by atoms with Gasteiger partial charge in [-0.15, -0.1) is 10.2 Å². The molecule has 0 saturated carbocycles. The fourth-order valence-electron chi connectivity index (χ4n) is 2.13. The summed E-state index contributed by atoms with van der Waals surface area (Å²) in [6.45, 7) is 6.64. The van der Waals surface area contributed by atoms with Crippen molar-refractivity contribution in [1.29, 1.82) is 0 Å². The number of benzene rings is 1. The minimum Gasteiger partial charge on any atom is -0.187 e. The van der Waals surface area contributed by atoms with Crippen LogP contribution in [0, 0.1) is 0 Å². The Hall–Kier alpha value is -1.14. The summed E-state index contributed by atoms with van der Waals surface area (Å²) in [5.74, 6) is 1.67. The normalized spacial score (nSPS) is 14.8. The van der Waals surface area contributed by atoms with Crippen molar-refractivity contribution >= 4 is 33.4 Å². The van der Waals surface area contributed by atoms with Gasteiger partial charge in [-0.1, -0.05) is 72.7 Å². The van der Waals surface area contributed by atoms with Gasteiger partial charge in [0.15, 0.2) is 5.82 Å². The zero-order valence-electron chi connectivity index (χ0n) is 12.3. The first-order chi connectivity index (χ1) is 9.99. The predicted molar refractivity (Wildman–Crippen MR) is 91.5 cm³/mol. The van der Waals surface area contributed by atoms with E-state index in [1.165, 1.54) is 5.56 Å². The van der Waals surface area contributed by atoms with Gasteiger partial charge < -0.3 is 0 Å². The number of rotatable bonds is 2. The first-order valence-corrected chi connectivity index (χ1v) is 8.91. The second-order valence-electron chi connectivity index (χ2n) is 6.03. The molecular weight excluding hydrogens is 348 g/mol. The van der Waals surface area contributed by atoms with E-state index in [9.17, 15) is 0 Å². The fraction of sp³-hybridized carbons (Fsp3) is 0.400. The van der Waals surface area contributed by atoms with Crippen molar-refractivity contribution in [3.63, 3.8) is 0 Å². The van der Waals surface area contributed by atoms with Gasteiger partial charge in [-0.3, -0.25) is 0 Å². The van der Waals surface area contributed by atoms with Crippen LogP contribution in [0.25, 0.3) is 11.4 Å². The number of fused-ring (bicyclic) bond motifs is 1. The van der Waals surface area contributed by atoms with Gasteiger partial charge in [0, 0.05) is 16.6 Å². The van der Waals surface area contributed by atoms with Crippen LogP contribution in [-0.4, -0.2) is 31.7 Å². The molecule has 0 saturated heterocycles. The van der Waals surface area contributed by atoms with Crippen LogP contribution in [-0.2, 0) is 5.41 Å². The highest BCUT2D eigenvalue weighted by molar-refractivity contribution is 9.09. The molecule has 6 heteroatoms. The second-order valence-corrected chi connectivity index (χ2v) is 7.54. The maximum atomic E-state index is 4.61. The largest absolute Gasteiger partial charge is 0.212 e. The number of thioether (sulfide) groups is 1. The maximum absolute atomic E-state index is 4.61. The number of halogens is 1. The number of hydrogen-bond acceptors (Lipinski definition) is 4. The van der Waals surface area contributed by atoms with Crippen LogP contribution < -0.4 is 0 Å². The van der Waals surface area contributed by atoms with E-state index < -0.39 is 0 Å². The number of aromatic nitrogens is 3. The third kappa shape index (κ3) is 2.92. The maximum Gasteiger partial charge on any atom is 0.212 e. The van der Waals surface area contributed by atoms with Gasteiger partial charge in [0.1, 0.15) is 0 Å². The Morgan fingerprint density at radius 3 is 2.52 bits per heavy atom. The van der Waals surface area contributed by atoms with E-state index >= 15 is 0 Å². The van der Waals surface area contributed by atoms with Crippen molar-refractivity contribution in [2.24, 2.45) is 5.10 Å². The molecule has 2 aromatic rings. The Morgan fingerprint density at radius 1 is 1.19 bits per heavy atom. The van der Waals surface area contributed by atoms with Crippen LogP contribution in [0.4, 0.5) is 0 Å². The monoisotopic (exact) mass is 364 g/mol. The molecule has 1 aliphatic heterocycles. The van der Waals surface area contributed by atoms with E-state index in [4.69, 9.17) is 0 Å². The Morgan fingerprint density at radius 2 is 1.90 bits per heavy atom. The van der Waals surface area contributed by atoms with E-state index in [1.807, 2.05) is 4.68 Å². The minimum atomic E-state index is 0.153. The molecule has 0 N–H and O–H groups in total. The van der Waals surface area contributed by atoms with E-state index in [0.29, 0.717) is 0 Å². The van der Waals surface area contributed by atoms with Gasteiger partial charge in [0.05, 0.1) is 5.71 Å². The summed E-state index contributed by atoms with van der Waals surface area (Å²) >= 11 is 5.14. The summed E-state index contributed by atoms with van der Waals surface area (Å²) in [4.78, 5) is 0. The highest BCUT2D eigenvalue weighted by atomic mass is 79.9. The molecule has 0 atom stereocenters. The number of hydrogen-bond donors (Lipinski definition) is 0. The molecule has 0 fully saturated rings. The Kier molecular flexibility index (Phi) is 3.92. The second kappa shape index (κ2) is 5.57. The fourth-order valence-corrected chi connectivity index (χ4v) is 3.50. The van der Waals surface area contributed by atoms with Crippen molar-refractivity contribution < 1.29 is 0 Å². The molecule has 4 nitrogen and oxygen atoms in total. The predicted octanol–water partition coefficient (Wildman–Crippen LogP) is 3.95. The van der Waals surface area contributed by atoms with E-state index in [2.05, 4.69) is 76.3 Å². The van der Waals surface area contributed by atoms with Gasteiger partial charge >= 0.3 is 0 Å². The molecule has 0 bridgehead atoms. The third-order valence-corrected chi connectivity index (χ3v) is 5.02. The average Bonchev–Trinajstić information content (AvgIpc) is 2.89. The Balaban J connectivity index is 2.00. The lowest BCUT2D eigenvalue weighted by atomic mass is 9.87. The Bertz CT molecular complexity index is 683. The van der Waals surface area contributed by atoms with Crippen molar-refractivity contribution in [3.05, 3.63) is 29.8 Å². The van der Waals surface area contributed by atoms with Crippen LogP contribution in [0.3, 0.4) is 0 Å². The van der Waals surface area contributed by atoms with Gasteiger partial charge in [0.2, 0.25) is 5.16 Å². The third-order valence-electron chi connectivity index (χ3n) is 3.38. The van der Waals surface area contributed by atoms with E-state index in [0.717, 1.165) is 33.3 Å². The molecule has 1 aromatic heterocycles. The van der Waals surface area contributed by atoms with Crippen LogP contribution in [0.15, 0.2) is 34.5 Å². The van der Waals surface area contributed by atoms with E-state index in [1.54, 1.807) is 11.8 Å². The highest BCUT2D eigenvalue weighted by Gasteiger charge is 2.20. The van der Waals surface area contributed by atoms with Gasteiger partial charge in [0.25, 0.3) is 0 Å². The quantitative estimate of drug-likeness (QED) is 0.757. The zero-order valence-corrected chi connectivity index (χ0v) is 14.7. The van der Waals surface area contributed by atoms with Crippen LogP contribution in [0.5, 0.6) is 0 Å². The summed E-state index contributed by atoms with van der Waals surface area (Å²) in [6, 6.07) is 8.51. The highest BCUT2D eigenvalue weighted by Crippen LogP contribution is 2.29. The summed E-state index contributed by atoms with van der Waals surface area (Å²) in [7, 11) is 0. The van der Waals surface area contributed by atoms with Crippen molar-refractivity contribution in [2.75, 3.05) is 11.1 Å². The lowest BCUT2D eigenvalue weighted by Gasteiger charge is -2.19. The standard InChI is InChI=1S/C15H17BrN4S/c1-15(2,3)11-6-4-10(5-7-11)13-17-18-14-20(13)19-12(8-16)9-21-14/h4-7H,8-9H2,1-3H3. The summed E-state index contributed by atoms with van der Waals surface area (Å²) in [5.41, 5.74) is 3.60. The lowest BCUT2D eigenvalue weighted by molar-refractivity contribution is 0.590. The lowest BCUT2D eigenvalue weighted by Crippen LogP contribution is -2.13. The molecular formula is C15H17BrN4S. The number of alkyl halides is 1. The van der Waals surface area contributed by atoms with E-state index in [-0.39, 0.29) is 5.41 Å². The molecule has 1 aliphatic rings.